The molecule has 0 fully saturated rings. The molecule has 1 rings (SSSR count). The van der Waals surface area contributed by atoms with Gasteiger partial charge in [0.15, 0.2) is 0 Å². The molecule has 6 nitrogen and oxygen atoms in total. The molecule has 116 valence electrons. The first kappa shape index (κ1) is 17.0. The molecule has 0 aliphatic carbocycles. The van der Waals surface area contributed by atoms with Gasteiger partial charge in [-0.15, -0.1) is 0 Å². The number of anilines is 1. The van der Waals surface area contributed by atoms with Crippen LogP contribution in [0.5, 0.6) is 0 Å². The lowest BCUT2D eigenvalue weighted by molar-refractivity contribution is -0.131. The predicted molar refractivity (Wildman–Crippen MR) is 81.7 cm³/mol. The Morgan fingerprint density at radius 1 is 1.29 bits per heavy atom. The number of amides is 2. The summed E-state index contributed by atoms with van der Waals surface area (Å²) in [4.78, 5) is 25.6. The lowest BCUT2D eigenvalue weighted by Crippen LogP contribution is -2.44. The van der Waals surface area contributed by atoms with E-state index in [0.717, 1.165) is 0 Å². The molecule has 0 bridgehead atoms. The number of nitrogens with zero attached hydrogens (tertiary/aromatic N) is 1. The molecular weight excluding hydrogens is 270 g/mol. The molecule has 0 saturated heterocycles. The van der Waals surface area contributed by atoms with Gasteiger partial charge >= 0.3 is 0 Å². The van der Waals surface area contributed by atoms with Crippen LogP contribution >= 0.6 is 0 Å². The maximum absolute atomic E-state index is 12.1. The minimum Gasteiger partial charge on any atom is -0.399 e. The highest BCUT2D eigenvalue weighted by Crippen LogP contribution is 2.05. The first-order valence-corrected chi connectivity index (χ1v) is 6.99. The fourth-order valence-corrected chi connectivity index (χ4v) is 1.91. The molecule has 0 radical (unpaired) electrons. The number of hydrogen-bond acceptors (Lipinski definition) is 4. The van der Waals surface area contributed by atoms with Gasteiger partial charge in [-0.3, -0.25) is 9.59 Å². The second-order valence-electron chi connectivity index (χ2n) is 5.06. The van der Waals surface area contributed by atoms with Crippen molar-refractivity contribution in [3.05, 3.63) is 29.8 Å². The van der Waals surface area contributed by atoms with E-state index in [1.165, 1.54) is 0 Å². The molecule has 0 aliphatic rings. The summed E-state index contributed by atoms with van der Waals surface area (Å²) in [5.41, 5.74) is 6.60. The van der Waals surface area contributed by atoms with Gasteiger partial charge in [0, 0.05) is 30.4 Å². The normalized spacial score (nSPS) is 10.5. The second-order valence-corrected chi connectivity index (χ2v) is 5.06. The minimum atomic E-state index is -0.311. The van der Waals surface area contributed by atoms with Crippen LogP contribution in [-0.4, -0.2) is 47.6 Å². The SMILES string of the molecule is CC(C)N(CCCO)C(=O)CNC(=O)c1ccc(N)cc1. The van der Waals surface area contributed by atoms with E-state index in [-0.39, 0.29) is 31.0 Å². The number of nitrogen functional groups attached to an aromatic ring is 1. The van der Waals surface area contributed by atoms with E-state index in [4.69, 9.17) is 10.8 Å². The van der Waals surface area contributed by atoms with Crippen LogP contribution < -0.4 is 11.1 Å². The zero-order chi connectivity index (χ0) is 15.8. The third-order valence-corrected chi connectivity index (χ3v) is 3.07. The van der Waals surface area contributed by atoms with Crippen LogP contribution in [-0.2, 0) is 4.79 Å². The molecule has 4 N–H and O–H groups in total. The van der Waals surface area contributed by atoms with Gasteiger partial charge in [-0.05, 0) is 44.5 Å². The summed E-state index contributed by atoms with van der Waals surface area (Å²) < 4.78 is 0. The zero-order valence-corrected chi connectivity index (χ0v) is 12.5. The van der Waals surface area contributed by atoms with Gasteiger partial charge in [-0.1, -0.05) is 0 Å². The standard InChI is InChI=1S/C15H23N3O3/c1-11(2)18(8-3-9-19)14(20)10-17-15(21)12-4-6-13(16)7-5-12/h4-7,11,19H,3,8-10,16H2,1-2H3,(H,17,21). The number of benzene rings is 1. The molecule has 0 aromatic heterocycles. The number of nitrogens with two attached hydrogens (primary N) is 1. The topological polar surface area (TPSA) is 95.7 Å². The average molecular weight is 293 g/mol. The quantitative estimate of drug-likeness (QED) is 0.642. The Labute approximate surface area is 124 Å². The van der Waals surface area contributed by atoms with Gasteiger partial charge in [-0.2, -0.15) is 0 Å². The molecule has 21 heavy (non-hydrogen) atoms. The highest BCUT2D eigenvalue weighted by Gasteiger charge is 2.17. The van der Waals surface area contributed by atoms with Crippen molar-refractivity contribution in [1.29, 1.82) is 0 Å². The molecule has 0 atom stereocenters. The molecule has 0 aliphatic heterocycles. The summed E-state index contributed by atoms with van der Waals surface area (Å²) in [6, 6.07) is 6.52. The maximum atomic E-state index is 12.1. The molecule has 0 heterocycles. The van der Waals surface area contributed by atoms with Crippen molar-refractivity contribution >= 4 is 17.5 Å². The second kappa shape index (κ2) is 8.26. The molecule has 1 aromatic carbocycles. The molecule has 0 saturated carbocycles. The van der Waals surface area contributed by atoms with Crippen LogP contribution in [0.25, 0.3) is 0 Å². The van der Waals surface area contributed by atoms with Gasteiger partial charge in [0.05, 0.1) is 6.54 Å². The number of hydrogen-bond donors (Lipinski definition) is 3. The number of aliphatic hydroxyl groups is 1. The maximum Gasteiger partial charge on any atom is 0.251 e. The van der Waals surface area contributed by atoms with Gasteiger partial charge in [0.1, 0.15) is 0 Å². The number of carbonyl (C=O) groups excluding carboxylic acids is 2. The van der Waals surface area contributed by atoms with E-state index in [2.05, 4.69) is 5.32 Å². The van der Waals surface area contributed by atoms with Gasteiger partial charge in [0.2, 0.25) is 5.91 Å². The summed E-state index contributed by atoms with van der Waals surface area (Å²) in [5, 5.41) is 11.4. The summed E-state index contributed by atoms with van der Waals surface area (Å²) >= 11 is 0. The van der Waals surface area contributed by atoms with Crippen molar-refractivity contribution in [2.45, 2.75) is 26.3 Å². The monoisotopic (exact) mass is 293 g/mol. The third kappa shape index (κ3) is 5.43. The Kier molecular flexibility index (Phi) is 6.68. The van der Waals surface area contributed by atoms with E-state index in [1.54, 1.807) is 29.2 Å². The number of rotatable bonds is 7. The Morgan fingerprint density at radius 2 is 1.90 bits per heavy atom. The lowest BCUT2D eigenvalue weighted by Gasteiger charge is -2.26. The van der Waals surface area contributed by atoms with Crippen LogP contribution in [0.4, 0.5) is 5.69 Å². The van der Waals surface area contributed by atoms with Crippen molar-refractivity contribution in [1.82, 2.24) is 10.2 Å². The number of carbonyl (C=O) groups is 2. The van der Waals surface area contributed by atoms with E-state index in [1.807, 2.05) is 13.8 Å². The molecular formula is C15H23N3O3. The largest absolute Gasteiger partial charge is 0.399 e. The van der Waals surface area contributed by atoms with E-state index >= 15 is 0 Å². The molecule has 1 aromatic rings. The summed E-state index contributed by atoms with van der Waals surface area (Å²) in [5.74, 6) is -0.476. The van der Waals surface area contributed by atoms with Crippen molar-refractivity contribution in [2.75, 3.05) is 25.4 Å². The Balaban J connectivity index is 2.54. The van der Waals surface area contributed by atoms with Gasteiger partial charge in [0.25, 0.3) is 5.91 Å². The molecule has 2 amide bonds. The van der Waals surface area contributed by atoms with E-state index in [9.17, 15) is 9.59 Å². The highest BCUT2D eigenvalue weighted by atomic mass is 16.3. The fraction of sp³-hybridized carbons (Fsp3) is 0.467. The van der Waals surface area contributed by atoms with Crippen LogP contribution in [0, 0.1) is 0 Å². The third-order valence-electron chi connectivity index (χ3n) is 3.07. The smallest absolute Gasteiger partial charge is 0.251 e. The molecule has 6 heteroatoms. The van der Waals surface area contributed by atoms with Crippen LogP contribution in [0.2, 0.25) is 0 Å². The predicted octanol–water partition coefficient (Wildman–Crippen LogP) is 0.618. The van der Waals surface area contributed by atoms with Crippen molar-refractivity contribution < 1.29 is 14.7 Å². The fourth-order valence-electron chi connectivity index (χ4n) is 1.91. The Hall–Kier alpha value is -2.08. The van der Waals surface area contributed by atoms with Crippen LogP contribution in [0.3, 0.4) is 0 Å². The Morgan fingerprint density at radius 3 is 2.43 bits per heavy atom. The summed E-state index contributed by atoms with van der Waals surface area (Å²) in [7, 11) is 0. The van der Waals surface area contributed by atoms with Crippen molar-refractivity contribution in [3.63, 3.8) is 0 Å². The zero-order valence-electron chi connectivity index (χ0n) is 12.5. The highest BCUT2D eigenvalue weighted by molar-refractivity contribution is 5.96. The number of aliphatic hydroxyl groups excluding tert-OH is 1. The van der Waals surface area contributed by atoms with E-state index in [0.29, 0.717) is 24.2 Å². The Bertz CT molecular complexity index is 472. The molecule has 0 spiro atoms. The number of nitrogens with one attached hydrogen (secondary N) is 1. The average Bonchev–Trinajstić information content (AvgIpc) is 2.45. The van der Waals surface area contributed by atoms with Crippen molar-refractivity contribution in [3.8, 4) is 0 Å². The minimum absolute atomic E-state index is 0.0254. The first-order chi connectivity index (χ1) is 9.95. The first-order valence-electron chi connectivity index (χ1n) is 6.99. The summed E-state index contributed by atoms with van der Waals surface area (Å²) in [6.45, 7) is 4.25. The van der Waals surface area contributed by atoms with Crippen LogP contribution in [0.15, 0.2) is 24.3 Å². The molecule has 0 unspecified atom stereocenters. The van der Waals surface area contributed by atoms with E-state index < -0.39 is 0 Å². The lowest BCUT2D eigenvalue weighted by atomic mass is 10.2. The van der Waals surface area contributed by atoms with Gasteiger partial charge < -0.3 is 21.1 Å². The van der Waals surface area contributed by atoms with Crippen molar-refractivity contribution in [2.24, 2.45) is 0 Å². The van der Waals surface area contributed by atoms with Crippen LogP contribution in [0.1, 0.15) is 30.6 Å². The van der Waals surface area contributed by atoms with Gasteiger partial charge in [-0.25, -0.2) is 0 Å². The summed E-state index contributed by atoms with van der Waals surface area (Å²) in [6.07, 6.45) is 0.524.